The van der Waals surface area contributed by atoms with Gasteiger partial charge in [0, 0.05) is 38.4 Å². The molecule has 1 fully saturated rings. The lowest BCUT2D eigenvalue weighted by Crippen LogP contribution is -2.46. The molecule has 1 amide bonds. The van der Waals surface area contributed by atoms with E-state index >= 15 is 0 Å². The first-order chi connectivity index (χ1) is 17.0. The first-order valence-electron chi connectivity index (χ1n) is 11.5. The fraction of sp³-hybridized carbons (Fsp3) is 0.435. The minimum Gasteiger partial charge on any atom is -0.492 e. The lowest BCUT2D eigenvalue weighted by molar-refractivity contribution is -0.116. The topological polar surface area (TPSA) is 116 Å². The Kier molecular flexibility index (Phi) is 9.36. The van der Waals surface area contributed by atoms with E-state index in [1.165, 1.54) is 46.8 Å². The van der Waals surface area contributed by atoms with Crippen molar-refractivity contribution in [2.75, 3.05) is 58.2 Å². The van der Waals surface area contributed by atoms with E-state index in [1.807, 2.05) is 7.05 Å². The SMILES string of the molecule is CCOc1ccc(S(=O)(=O)N(CC)CC(=O)Nc2ccc(S(=O)(=O)N3CCN(C)CC3)cc2)cc1Cl. The van der Waals surface area contributed by atoms with Gasteiger partial charge >= 0.3 is 0 Å². The molecule has 0 atom stereocenters. The number of piperazine rings is 1. The molecule has 1 aliphatic rings. The Morgan fingerprint density at radius 2 is 1.61 bits per heavy atom. The summed E-state index contributed by atoms with van der Waals surface area (Å²) in [5.41, 5.74) is 0.356. The normalized spacial score (nSPS) is 15.7. The van der Waals surface area contributed by atoms with Gasteiger partial charge < -0.3 is 15.0 Å². The first kappa shape index (κ1) is 28.4. The monoisotopic (exact) mass is 558 g/mol. The van der Waals surface area contributed by atoms with Gasteiger partial charge in [0.15, 0.2) is 0 Å². The Morgan fingerprint density at radius 3 is 2.17 bits per heavy atom. The van der Waals surface area contributed by atoms with E-state index in [4.69, 9.17) is 16.3 Å². The molecule has 0 spiro atoms. The molecule has 3 rings (SSSR count). The Bertz CT molecular complexity index is 1280. The van der Waals surface area contributed by atoms with Crippen LogP contribution in [0.5, 0.6) is 5.75 Å². The van der Waals surface area contributed by atoms with Crippen molar-refractivity contribution in [1.29, 1.82) is 0 Å². The van der Waals surface area contributed by atoms with Gasteiger partial charge in [0.05, 0.1) is 28.0 Å². The van der Waals surface area contributed by atoms with Crippen molar-refractivity contribution < 1.29 is 26.4 Å². The molecular formula is C23H31ClN4O6S2. The molecule has 2 aromatic rings. The zero-order valence-electron chi connectivity index (χ0n) is 20.5. The van der Waals surface area contributed by atoms with Gasteiger partial charge in [-0.1, -0.05) is 18.5 Å². The molecule has 36 heavy (non-hydrogen) atoms. The zero-order valence-corrected chi connectivity index (χ0v) is 22.9. The summed E-state index contributed by atoms with van der Waals surface area (Å²) in [6, 6.07) is 9.98. The average molecular weight is 559 g/mol. The Morgan fingerprint density at radius 1 is 1.00 bits per heavy atom. The van der Waals surface area contributed by atoms with Crippen LogP contribution in [0.1, 0.15) is 13.8 Å². The van der Waals surface area contributed by atoms with Crippen molar-refractivity contribution in [2.24, 2.45) is 0 Å². The number of amides is 1. The number of sulfonamides is 2. The fourth-order valence-corrected chi connectivity index (χ4v) is 6.83. The van der Waals surface area contributed by atoms with Crippen LogP contribution in [0, 0.1) is 0 Å². The summed E-state index contributed by atoms with van der Waals surface area (Å²) in [6.07, 6.45) is 0. The van der Waals surface area contributed by atoms with E-state index in [1.54, 1.807) is 13.8 Å². The number of likely N-dealkylation sites (N-methyl/N-ethyl adjacent to an activating group) is 2. The molecule has 0 aliphatic carbocycles. The van der Waals surface area contributed by atoms with Gasteiger partial charge in [0.1, 0.15) is 5.75 Å². The molecule has 1 saturated heterocycles. The van der Waals surface area contributed by atoms with E-state index in [-0.39, 0.29) is 21.4 Å². The van der Waals surface area contributed by atoms with E-state index in [0.717, 1.165) is 4.31 Å². The van der Waals surface area contributed by atoms with Gasteiger partial charge in [-0.15, -0.1) is 0 Å². The number of rotatable bonds is 10. The number of nitrogens with one attached hydrogen (secondary N) is 1. The van der Waals surface area contributed by atoms with Crippen molar-refractivity contribution in [3.63, 3.8) is 0 Å². The van der Waals surface area contributed by atoms with E-state index in [9.17, 15) is 21.6 Å². The van der Waals surface area contributed by atoms with Crippen LogP contribution in [0.15, 0.2) is 52.3 Å². The van der Waals surface area contributed by atoms with Crippen molar-refractivity contribution in [3.8, 4) is 5.75 Å². The highest BCUT2D eigenvalue weighted by atomic mass is 35.5. The molecule has 1 N–H and O–H groups in total. The quantitative estimate of drug-likeness (QED) is 0.475. The number of halogens is 1. The third-order valence-electron chi connectivity index (χ3n) is 5.75. The lowest BCUT2D eigenvalue weighted by Gasteiger charge is -2.31. The number of benzene rings is 2. The predicted octanol–water partition coefficient (Wildman–Crippen LogP) is 2.32. The van der Waals surface area contributed by atoms with Crippen molar-refractivity contribution >= 4 is 43.2 Å². The van der Waals surface area contributed by atoms with Crippen LogP contribution in [0.3, 0.4) is 0 Å². The fourth-order valence-electron chi connectivity index (χ4n) is 3.68. The summed E-state index contributed by atoms with van der Waals surface area (Å²) >= 11 is 6.14. The number of hydrogen-bond donors (Lipinski definition) is 1. The highest BCUT2D eigenvalue weighted by Gasteiger charge is 2.28. The number of hydrogen-bond acceptors (Lipinski definition) is 7. The van der Waals surface area contributed by atoms with Gasteiger partial charge in [-0.3, -0.25) is 4.79 Å². The Labute approximate surface area is 217 Å². The lowest BCUT2D eigenvalue weighted by atomic mass is 10.3. The van der Waals surface area contributed by atoms with Gasteiger partial charge in [-0.2, -0.15) is 8.61 Å². The second-order valence-electron chi connectivity index (χ2n) is 8.24. The van der Waals surface area contributed by atoms with Gasteiger partial charge in [-0.25, -0.2) is 16.8 Å². The summed E-state index contributed by atoms with van der Waals surface area (Å²) in [6.45, 7) is 5.58. The number of carbonyl (C=O) groups excluding carboxylic acids is 1. The number of ether oxygens (including phenoxy) is 1. The molecule has 1 aliphatic heterocycles. The molecule has 0 unspecified atom stereocenters. The van der Waals surface area contributed by atoms with E-state index in [0.29, 0.717) is 44.2 Å². The average Bonchev–Trinajstić information content (AvgIpc) is 2.84. The van der Waals surface area contributed by atoms with E-state index < -0.39 is 32.5 Å². The smallest absolute Gasteiger partial charge is 0.243 e. The molecule has 1 heterocycles. The second-order valence-corrected chi connectivity index (χ2v) is 12.5. The molecule has 0 radical (unpaired) electrons. The maximum absolute atomic E-state index is 13.1. The maximum atomic E-state index is 13.1. The standard InChI is InChI=1S/C23H31ClN4O6S2/c1-4-27(36(32,33)20-10-11-22(34-5-2)21(24)16-20)17-23(29)25-18-6-8-19(9-7-18)35(30,31)28-14-12-26(3)13-15-28/h6-11,16H,4-5,12-15,17H2,1-3H3,(H,25,29). The highest BCUT2D eigenvalue weighted by Crippen LogP contribution is 2.29. The molecule has 10 nitrogen and oxygen atoms in total. The summed E-state index contributed by atoms with van der Waals surface area (Å²) in [5, 5.41) is 2.78. The zero-order chi connectivity index (χ0) is 26.5. The minimum atomic E-state index is -3.99. The summed E-state index contributed by atoms with van der Waals surface area (Å²) in [4.78, 5) is 14.8. The summed E-state index contributed by atoms with van der Waals surface area (Å²) in [7, 11) is -5.67. The Hall–Kier alpha value is -2.22. The van der Waals surface area contributed by atoms with Gasteiger partial charge in [-0.05, 0) is 56.4 Å². The molecule has 2 aromatic carbocycles. The van der Waals surface area contributed by atoms with E-state index in [2.05, 4.69) is 10.2 Å². The third kappa shape index (κ3) is 6.55. The molecule has 0 bridgehead atoms. The maximum Gasteiger partial charge on any atom is 0.243 e. The van der Waals surface area contributed by atoms with Crippen LogP contribution < -0.4 is 10.1 Å². The van der Waals surface area contributed by atoms with Crippen LogP contribution in [-0.2, 0) is 24.8 Å². The molecule has 0 aromatic heterocycles. The number of carbonyl (C=O) groups is 1. The number of nitrogens with zero attached hydrogens (tertiary/aromatic N) is 3. The number of anilines is 1. The summed E-state index contributed by atoms with van der Waals surface area (Å²) in [5.74, 6) is -0.191. The Balaban J connectivity index is 1.67. The van der Waals surface area contributed by atoms with Crippen molar-refractivity contribution in [3.05, 3.63) is 47.5 Å². The minimum absolute atomic E-state index is 0.0518. The van der Waals surface area contributed by atoms with Gasteiger partial charge in [0.25, 0.3) is 0 Å². The van der Waals surface area contributed by atoms with Crippen LogP contribution >= 0.6 is 11.6 Å². The second kappa shape index (κ2) is 11.9. The molecule has 13 heteroatoms. The first-order valence-corrected chi connectivity index (χ1v) is 14.8. The van der Waals surface area contributed by atoms with Crippen molar-refractivity contribution in [1.82, 2.24) is 13.5 Å². The van der Waals surface area contributed by atoms with Crippen LogP contribution in [0.25, 0.3) is 0 Å². The largest absolute Gasteiger partial charge is 0.492 e. The molecule has 198 valence electrons. The van der Waals surface area contributed by atoms with Gasteiger partial charge in [0.2, 0.25) is 26.0 Å². The summed E-state index contributed by atoms with van der Waals surface area (Å²) < 4.78 is 59.7. The predicted molar refractivity (Wildman–Crippen MR) is 138 cm³/mol. The highest BCUT2D eigenvalue weighted by molar-refractivity contribution is 7.89. The third-order valence-corrected chi connectivity index (χ3v) is 9.88. The molecular weight excluding hydrogens is 528 g/mol. The van der Waals surface area contributed by atoms with Crippen LogP contribution in [0.2, 0.25) is 5.02 Å². The molecule has 0 saturated carbocycles. The van der Waals surface area contributed by atoms with Crippen LogP contribution in [-0.4, -0.2) is 89.2 Å². The van der Waals surface area contributed by atoms with Crippen molar-refractivity contribution in [2.45, 2.75) is 23.6 Å². The van der Waals surface area contributed by atoms with Crippen LogP contribution in [0.4, 0.5) is 5.69 Å².